The summed E-state index contributed by atoms with van der Waals surface area (Å²) in [6.07, 6.45) is 8.57. The Morgan fingerprint density at radius 3 is 2.67 bits per heavy atom. The lowest BCUT2D eigenvalue weighted by Gasteiger charge is -2.39. The maximum atomic E-state index is 12.7. The molecule has 0 spiro atoms. The minimum atomic E-state index is -0.862. The van der Waals surface area contributed by atoms with Crippen molar-refractivity contribution in [1.82, 2.24) is 9.80 Å². The van der Waals surface area contributed by atoms with Crippen molar-refractivity contribution in [1.29, 1.82) is 0 Å². The van der Waals surface area contributed by atoms with Crippen LogP contribution in [0.5, 0.6) is 0 Å². The van der Waals surface area contributed by atoms with Gasteiger partial charge in [0.25, 0.3) is 0 Å². The van der Waals surface area contributed by atoms with Crippen LogP contribution in [0.15, 0.2) is 12.2 Å². The third-order valence-electron chi connectivity index (χ3n) is 4.41. The number of rotatable bonds is 1. The third-order valence-corrected chi connectivity index (χ3v) is 4.41. The molecule has 98 valence electrons. The zero-order valence-corrected chi connectivity index (χ0v) is 10.7. The lowest BCUT2D eigenvalue weighted by molar-refractivity contribution is -0.155. The van der Waals surface area contributed by atoms with Crippen LogP contribution in [0.25, 0.3) is 0 Å². The standard InChI is InChI=1S/C14H20N2O2/c17-12(15-9-3-4-10-15)14-6-1-2-8-16(13(14)18)11-5-7-14/h1,6H,2-5,7-11H2. The average molecular weight is 248 g/mol. The monoisotopic (exact) mass is 248 g/mol. The van der Waals surface area contributed by atoms with Crippen LogP contribution < -0.4 is 0 Å². The topological polar surface area (TPSA) is 40.6 Å². The van der Waals surface area contributed by atoms with Crippen LogP contribution in [0.4, 0.5) is 0 Å². The van der Waals surface area contributed by atoms with E-state index in [2.05, 4.69) is 0 Å². The van der Waals surface area contributed by atoms with Crippen molar-refractivity contribution in [2.75, 3.05) is 26.2 Å². The zero-order valence-electron chi connectivity index (χ0n) is 10.7. The molecular formula is C14H20N2O2. The summed E-state index contributed by atoms with van der Waals surface area (Å²) in [6, 6.07) is 0. The molecule has 3 rings (SSSR count). The Morgan fingerprint density at radius 1 is 1.11 bits per heavy atom. The number of amides is 2. The fourth-order valence-electron chi connectivity index (χ4n) is 3.39. The van der Waals surface area contributed by atoms with Crippen molar-refractivity contribution in [2.24, 2.45) is 5.41 Å². The van der Waals surface area contributed by atoms with Crippen LogP contribution >= 0.6 is 0 Å². The van der Waals surface area contributed by atoms with Crippen LogP contribution in [-0.4, -0.2) is 47.8 Å². The molecule has 3 heterocycles. The molecule has 0 aromatic heterocycles. The molecule has 4 heteroatoms. The van der Waals surface area contributed by atoms with Crippen molar-refractivity contribution in [2.45, 2.75) is 32.1 Å². The van der Waals surface area contributed by atoms with Crippen LogP contribution in [-0.2, 0) is 9.59 Å². The first kappa shape index (κ1) is 11.8. The first-order valence-corrected chi connectivity index (χ1v) is 7.00. The number of hydrogen-bond donors (Lipinski definition) is 0. The molecular weight excluding hydrogens is 228 g/mol. The Balaban J connectivity index is 1.93. The normalized spacial score (nSPS) is 31.7. The molecule has 3 aliphatic heterocycles. The second-order valence-corrected chi connectivity index (χ2v) is 5.56. The van der Waals surface area contributed by atoms with Crippen LogP contribution in [0.2, 0.25) is 0 Å². The highest BCUT2D eigenvalue weighted by atomic mass is 16.2. The zero-order chi connectivity index (χ0) is 12.6. The van der Waals surface area contributed by atoms with Gasteiger partial charge in [0.1, 0.15) is 5.41 Å². The van der Waals surface area contributed by atoms with Crippen molar-refractivity contribution in [3.8, 4) is 0 Å². The first-order chi connectivity index (χ1) is 8.74. The summed E-state index contributed by atoms with van der Waals surface area (Å²) in [5.74, 6) is 0.0900. The van der Waals surface area contributed by atoms with E-state index >= 15 is 0 Å². The second-order valence-electron chi connectivity index (χ2n) is 5.56. The van der Waals surface area contributed by atoms with Gasteiger partial charge in [0.15, 0.2) is 0 Å². The molecule has 2 fully saturated rings. The first-order valence-electron chi connectivity index (χ1n) is 7.00. The number of hydrogen-bond acceptors (Lipinski definition) is 2. The van der Waals surface area contributed by atoms with E-state index in [0.717, 1.165) is 51.9 Å². The van der Waals surface area contributed by atoms with Crippen LogP contribution in [0.1, 0.15) is 32.1 Å². The highest BCUT2D eigenvalue weighted by molar-refractivity contribution is 6.07. The van der Waals surface area contributed by atoms with E-state index in [1.807, 2.05) is 22.0 Å². The van der Waals surface area contributed by atoms with Gasteiger partial charge < -0.3 is 9.80 Å². The highest BCUT2D eigenvalue weighted by Crippen LogP contribution is 2.37. The fourth-order valence-corrected chi connectivity index (χ4v) is 3.39. The molecule has 0 aromatic rings. The van der Waals surface area contributed by atoms with Gasteiger partial charge in [-0.2, -0.15) is 0 Å². The van der Waals surface area contributed by atoms with Gasteiger partial charge in [-0.1, -0.05) is 12.2 Å². The van der Waals surface area contributed by atoms with E-state index in [1.54, 1.807) is 0 Å². The summed E-state index contributed by atoms with van der Waals surface area (Å²) in [5.41, 5.74) is -0.862. The van der Waals surface area contributed by atoms with Gasteiger partial charge in [0, 0.05) is 26.2 Å². The van der Waals surface area contributed by atoms with E-state index in [1.165, 1.54) is 0 Å². The minimum absolute atomic E-state index is 0.0411. The van der Waals surface area contributed by atoms with E-state index in [4.69, 9.17) is 0 Å². The van der Waals surface area contributed by atoms with E-state index in [0.29, 0.717) is 6.42 Å². The van der Waals surface area contributed by atoms with Gasteiger partial charge >= 0.3 is 0 Å². The van der Waals surface area contributed by atoms with E-state index < -0.39 is 5.41 Å². The highest BCUT2D eigenvalue weighted by Gasteiger charge is 2.50. The Labute approximate surface area is 108 Å². The van der Waals surface area contributed by atoms with Crippen molar-refractivity contribution in [3.63, 3.8) is 0 Å². The number of fused-ring (bicyclic) bond motifs is 2. The molecule has 3 aliphatic rings. The molecule has 0 saturated carbocycles. The van der Waals surface area contributed by atoms with E-state index in [-0.39, 0.29) is 11.8 Å². The summed E-state index contributed by atoms with van der Waals surface area (Å²) < 4.78 is 0. The van der Waals surface area contributed by atoms with E-state index in [9.17, 15) is 9.59 Å². The minimum Gasteiger partial charge on any atom is -0.341 e. The SMILES string of the molecule is O=C1N2CCC=CC1(C(=O)N1CCCC1)CCC2. The lowest BCUT2D eigenvalue weighted by Crippen LogP contribution is -2.55. The number of carbonyl (C=O) groups excluding carboxylic acids is 2. The van der Waals surface area contributed by atoms with Gasteiger partial charge in [-0.05, 0) is 32.1 Å². The molecule has 2 saturated heterocycles. The Bertz CT molecular complexity index is 399. The molecule has 1 unspecified atom stereocenters. The molecule has 0 N–H and O–H groups in total. The summed E-state index contributed by atoms with van der Waals surface area (Å²) >= 11 is 0. The quantitative estimate of drug-likeness (QED) is 0.516. The maximum Gasteiger partial charge on any atom is 0.242 e. The molecule has 0 aromatic carbocycles. The maximum absolute atomic E-state index is 12.7. The van der Waals surface area contributed by atoms with Crippen molar-refractivity contribution >= 4 is 11.8 Å². The smallest absolute Gasteiger partial charge is 0.242 e. The molecule has 2 bridgehead atoms. The fraction of sp³-hybridized carbons (Fsp3) is 0.714. The molecule has 1 atom stereocenters. The van der Waals surface area contributed by atoms with Crippen molar-refractivity contribution in [3.05, 3.63) is 12.2 Å². The summed E-state index contributed by atoms with van der Waals surface area (Å²) in [5, 5.41) is 0. The van der Waals surface area contributed by atoms with Gasteiger partial charge in [-0.3, -0.25) is 9.59 Å². The summed E-state index contributed by atoms with van der Waals surface area (Å²) in [7, 11) is 0. The second kappa shape index (κ2) is 4.41. The van der Waals surface area contributed by atoms with Crippen LogP contribution in [0, 0.1) is 5.41 Å². The van der Waals surface area contributed by atoms with Gasteiger partial charge in [0.2, 0.25) is 11.8 Å². The number of nitrogens with zero attached hydrogens (tertiary/aromatic N) is 2. The summed E-state index contributed by atoms with van der Waals surface area (Å²) in [4.78, 5) is 29.1. The van der Waals surface area contributed by atoms with Crippen LogP contribution in [0.3, 0.4) is 0 Å². The number of carbonyl (C=O) groups is 2. The Kier molecular flexibility index (Phi) is 2.88. The number of likely N-dealkylation sites (tertiary alicyclic amines) is 1. The Hall–Kier alpha value is -1.32. The predicted octanol–water partition coefficient (Wildman–Crippen LogP) is 1.18. The van der Waals surface area contributed by atoms with Gasteiger partial charge in [-0.15, -0.1) is 0 Å². The summed E-state index contributed by atoms with van der Waals surface area (Å²) in [6.45, 7) is 3.23. The Morgan fingerprint density at radius 2 is 1.89 bits per heavy atom. The third kappa shape index (κ3) is 1.66. The molecule has 4 nitrogen and oxygen atoms in total. The molecule has 0 radical (unpaired) electrons. The average Bonchev–Trinajstić information content (AvgIpc) is 2.89. The predicted molar refractivity (Wildman–Crippen MR) is 67.8 cm³/mol. The molecule has 18 heavy (non-hydrogen) atoms. The largest absolute Gasteiger partial charge is 0.341 e. The number of piperidine rings is 1. The lowest BCUT2D eigenvalue weighted by atomic mass is 9.77. The molecule has 2 amide bonds. The van der Waals surface area contributed by atoms with Gasteiger partial charge in [0.05, 0.1) is 0 Å². The molecule has 0 aliphatic carbocycles. The van der Waals surface area contributed by atoms with Gasteiger partial charge in [-0.25, -0.2) is 0 Å². The van der Waals surface area contributed by atoms with Crippen molar-refractivity contribution < 1.29 is 9.59 Å².